The van der Waals surface area contributed by atoms with E-state index in [1.165, 1.54) is 24.3 Å². The van der Waals surface area contributed by atoms with Crippen LogP contribution in [-0.2, 0) is 9.53 Å². The van der Waals surface area contributed by atoms with Gasteiger partial charge in [-0.1, -0.05) is 17.8 Å². The highest BCUT2D eigenvalue weighted by atomic mass is 32.2. The van der Waals surface area contributed by atoms with Crippen LogP contribution in [-0.4, -0.2) is 34.4 Å². The van der Waals surface area contributed by atoms with Crippen molar-refractivity contribution in [3.8, 4) is 11.5 Å². The van der Waals surface area contributed by atoms with Crippen LogP contribution in [0.4, 0.5) is 11.4 Å². The number of aliphatic hydroxyl groups is 1. The van der Waals surface area contributed by atoms with Gasteiger partial charge in [-0.15, -0.1) is 0 Å². The van der Waals surface area contributed by atoms with E-state index in [1.807, 2.05) is 0 Å². The molecule has 1 N–H and O–H groups in total. The molecule has 0 fully saturated rings. The second-order valence-electron chi connectivity index (χ2n) is 6.36. The highest BCUT2D eigenvalue weighted by molar-refractivity contribution is 8.18. The molecular formula is C21H16N2O7S. The highest BCUT2D eigenvalue weighted by Crippen LogP contribution is 2.41. The third-order valence-electron chi connectivity index (χ3n) is 4.36. The number of fused-ring (bicyclic) bond motifs is 1. The molecule has 2 aliphatic rings. The van der Waals surface area contributed by atoms with Crippen molar-refractivity contribution in [2.45, 2.75) is 6.92 Å². The summed E-state index contributed by atoms with van der Waals surface area (Å²) in [4.78, 5) is 27.6. The molecule has 2 aromatic rings. The summed E-state index contributed by atoms with van der Waals surface area (Å²) in [6, 6.07) is 10.9. The number of carbonyl (C=O) groups is 1. The number of rotatable bonds is 5. The molecule has 0 aromatic heterocycles. The molecule has 0 radical (unpaired) electrons. The minimum Gasteiger partial charge on any atom is -0.506 e. The number of ether oxygens (including phenoxy) is 3. The number of thioether (sulfide) groups is 1. The average Bonchev–Trinajstić information content (AvgIpc) is 3.33. The van der Waals surface area contributed by atoms with Crippen LogP contribution < -0.4 is 9.47 Å². The molecule has 0 bridgehead atoms. The maximum absolute atomic E-state index is 12.5. The first kappa shape index (κ1) is 20.5. The lowest BCUT2D eigenvalue weighted by Crippen LogP contribution is -2.12. The summed E-state index contributed by atoms with van der Waals surface area (Å²) in [7, 11) is 0. The first-order valence-corrected chi connectivity index (χ1v) is 10.0. The second kappa shape index (κ2) is 8.52. The predicted octanol–water partition coefficient (Wildman–Crippen LogP) is 4.52. The van der Waals surface area contributed by atoms with E-state index < -0.39 is 10.9 Å². The summed E-state index contributed by atoms with van der Waals surface area (Å²) in [5.74, 6) is 0.267. The fraction of sp³-hybridized carbons (Fsp3) is 0.143. The lowest BCUT2D eigenvalue weighted by atomic mass is 10.1. The van der Waals surface area contributed by atoms with E-state index in [4.69, 9.17) is 14.2 Å². The van der Waals surface area contributed by atoms with Gasteiger partial charge in [-0.05, 0) is 42.8 Å². The molecule has 0 amide bonds. The van der Waals surface area contributed by atoms with E-state index in [0.717, 1.165) is 17.3 Å². The Balaban J connectivity index is 1.70. The topological polar surface area (TPSA) is 120 Å². The summed E-state index contributed by atoms with van der Waals surface area (Å²) in [5, 5.41) is 21.8. The van der Waals surface area contributed by atoms with Crippen LogP contribution in [0.3, 0.4) is 0 Å². The molecule has 2 aliphatic heterocycles. The van der Waals surface area contributed by atoms with E-state index in [2.05, 4.69) is 4.99 Å². The van der Waals surface area contributed by atoms with Gasteiger partial charge < -0.3 is 19.3 Å². The molecule has 4 rings (SSSR count). The van der Waals surface area contributed by atoms with Crippen LogP contribution in [0.25, 0.3) is 6.08 Å². The zero-order valence-corrected chi connectivity index (χ0v) is 17.0. The van der Waals surface area contributed by atoms with E-state index >= 15 is 0 Å². The number of hydrogen-bond donors (Lipinski definition) is 1. The van der Waals surface area contributed by atoms with Gasteiger partial charge in [0.05, 0.1) is 22.1 Å². The molecule has 31 heavy (non-hydrogen) atoms. The number of aliphatic hydroxyl groups excluding tert-OH is 1. The van der Waals surface area contributed by atoms with Gasteiger partial charge in [-0.2, -0.15) is 0 Å². The largest absolute Gasteiger partial charge is 0.506 e. The van der Waals surface area contributed by atoms with Gasteiger partial charge in [0.2, 0.25) is 6.79 Å². The molecule has 0 saturated carbocycles. The normalized spacial score (nSPS) is 17.5. The van der Waals surface area contributed by atoms with Crippen molar-refractivity contribution in [1.29, 1.82) is 0 Å². The van der Waals surface area contributed by atoms with Crippen molar-refractivity contribution in [2.75, 3.05) is 13.4 Å². The van der Waals surface area contributed by atoms with Crippen LogP contribution in [0.2, 0.25) is 0 Å². The summed E-state index contributed by atoms with van der Waals surface area (Å²) in [5.41, 5.74) is 0.998. The van der Waals surface area contributed by atoms with Crippen molar-refractivity contribution in [3.05, 3.63) is 74.4 Å². The van der Waals surface area contributed by atoms with Gasteiger partial charge in [0.15, 0.2) is 11.5 Å². The van der Waals surface area contributed by atoms with Gasteiger partial charge in [0.1, 0.15) is 16.4 Å². The Bertz CT molecular complexity index is 1150. The lowest BCUT2D eigenvalue weighted by molar-refractivity contribution is -0.384. The second-order valence-corrected chi connectivity index (χ2v) is 7.39. The Morgan fingerprint density at radius 3 is 2.71 bits per heavy atom. The summed E-state index contributed by atoms with van der Waals surface area (Å²) in [6.45, 7) is 1.94. The third-order valence-corrected chi connectivity index (χ3v) is 5.38. The first-order chi connectivity index (χ1) is 15.0. The smallest absolute Gasteiger partial charge is 0.344 e. The molecule has 0 saturated heterocycles. The minimum atomic E-state index is -0.706. The van der Waals surface area contributed by atoms with Crippen LogP contribution in [0.15, 0.2) is 63.7 Å². The number of aliphatic imine (C=N–C) groups is 1. The predicted molar refractivity (Wildman–Crippen MR) is 115 cm³/mol. The molecule has 0 unspecified atom stereocenters. The summed E-state index contributed by atoms with van der Waals surface area (Å²) in [6.07, 6.45) is 1.69. The Labute approximate surface area is 180 Å². The monoisotopic (exact) mass is 440 g/mol. The fourth-order valence-corrected chi connectivity index (χ4v) is 3.95. The van der Waals surface area contributed by atoms with Crippen molar-refractivity contribution < 1.29 is 29.0 Å². The number of carbonyl (C=O) groups excluding carboxylic acids is 1. The maximum atomic E-state index is 12.5. The number of nitro groups is 1. The lowest BCUT2D eigenvalue weighted by Gasteiger charge is -2.03. The number of non-ortho nitro benzene ring substituents is 1. The average molecular weight is 440 g/mol. The van der Waals surface area contributed by atoms with E-state index in [9.17, 15) is 20.0 Å². The van der Waals surface area contributed by atoms with Gasteiger partial charge in [-0.3, -0.25) is 10.1 Å². The Morgan fingerprint density at radius 1 is 1.26 bits per heavy atom. The quantitative estimate of drug-likeness (QED) is 0.409. The fourth-order valence-electron chi connectivity index (χ4n) is 2.91. The van der Waals surface area contributed by atoms with E-state index in [1.54, 1.807) is 31.2 Å². The SMILES string of the molecule is CCOC(=O)C1=C(O)/C(=C/c2ccc3c(c2)OCO3)SC1=Nc1ccc([N+](=O)[O-])cc1. The first-order valence-electron chi connectivity index (χ1n) is 9.19. The molecule has 10 heteroatoms. The summed E-state index contributed by atoms with van der Waals surface area (Å²) < 4.78 is 15.7. The number of nitro benzene ring substituents is 1. The zero-order valence-electron chi connectivity index (χ0n) is 16.2. The van der Waals surface area contributed by atoms with Gasteiger partial charge in [0.25, 0.3) is 5.69 Å². The highest BCUT2D eigenvalue weighted by Gasteiger charge is 2.33. The van der Waals surface area contributed by atoms with Gasteiger partial charge in [-0.25, -0.2) is 9.79 Å². The molecule has 0 spiro atoms. The van der Waals surface area contributed by atoms with E-state index in [-0.39, 0.29) is 35.5 Å². The number of esters is 1. The number of benzene rings is 2. The maximum Gasteiger partial charge on any atom is 0.344 e. The number of hydrogen-bond acceptors (Lipinski definition) is 9. The molecule has 158 valence electrons. The van der Waals surface area contributed by atoms with Crippen molar-refractivity contribution >= 4 is 40.2 Å². The Morgan fingerprint density at radius 2 is 2.00 bits per heavy atom. The van der Waals surface area contributed by atoms with Gasteiger partial charge in [0, 0.05) is 12.1 Å². The molecular weight excluding hydrogens is 424 g/mol. The molecule has 2 heterocycles. The molecule has 9 nitrogen and oxygen atoms in total. The standard InChI is InChI=1S/C21H16N2O7S/c1-2-28-21(25)18-19(24)17(10-12-3-8-15-16(9-12)30-11-29-15)31-20(18)22-13-4-6-14(7-5-13)23(26)27/h3-10,24H,2,11H2,1H3/b17-10-,22-20?. The molecule has 0 aliphatic carbocycles. The third kappa shape index (κ3) is 4.24. The van der Waals surface area contributed by atoms with Crippen LogP contribution in [0, 0.1) is 10.1 Å². The van der Waals surface area contributed by atoms with Crippen molar-refractivity contribution in [2.24, 2.45) is 4.99 Å². The Kier molecular flexibility index (Phi) is 5.63. The van der Waals surface area contributed by atoms with Crippen LogP contribution in [0.1, 0.15) is 12.5 Å². The minimum absolute atomic E-state index is 0.0582. The van der Waals surface area contributed by atoms with Crippen LogP contribution >= 0.6 is 11.8 Å². The van der Waals surface area contributed by atoms with Crippen LogP contribution in [0.5, 0.6) is 11.5 Å². The van der Waals surface area contributed by atoms with E-state index in [0.29, 0.717) is 22.1 Å². The number of nitrogens with zero attached hydrogens (tertiary/aromatic N) is 2. The zero-order chi connectivity index (χ0) is 22.0. The van der Waals surface area contributed by atoms with Crippen molar-refractivity contribution in [3.63, 3.8) is 0 Å². The summed E-state index contributed by atoms with van der Waals surface area (Å²) >= 11 is 1.09. The molecule has 2 aromatic carbocycles. The van der Waals surface area contributed by atoms with Gasteiger partial charge >= 0.3 is 5.97 Å². The van der Waals surface area contributed by atoms with Crippen molar-refractivity contribution in [1.82, 2.24) is 0 Å². The Hall–Kier alpha value is -3.79. The molecule has 0 atom stereocenters.